The van der Waals surface area contributed by atoms with Gasteiger partial charge < -0.3 is 10.2 Å². The summed E-state index contributed by atoms with van der Waals surface area (Å²) >= 11 is 0. The van der Waals surface area contributed by atoms with Crippen LogP contribution in [-0.2, 0) is 4.79 Å². The van der Waals surface area contributed by atoms with Crippen molar-refractivity contribution < 1.29 is 9.59 Å². The van der Waals surface area contributed by atoms with Crippen LogP contribution in [0.1, 0.15) is 12.8 Å². The maximum Gasteiger partial charge on any atom is 0.321 e. The number of anilines is 1. The Kier molecular flexibility index (Phi) is 5.77. The van der Waals surface area contributed by atoms with Gasteiger partial charge >= 0.3 is 6.03 Å². The number of hydrogen-bond donors (Lipinski definition) is 2. The van der Waals surface area contributed by atoms with Gasteiger partial charge in [-0.25, -0.2) is 4.79 Å². The molecule has 1 saturated heterocycles. The lowest BCUT2D eigenvalue weighted by Gasteiger charge is -2.38. The molecule has 1 aromatic rings. The van der Waals surface area contributed by atoms with E-state index in [0.717, 1.165) is 25.9 Å². The summed E-state index contributed by atoms with van der Waals surface area (Å²) in [5.41, 5.74) is 1.22. The highest BCUT2D eigenvalue weighted by atomic mass is 16.2. The molecule has 1 aromatic carbocycles. The third-order valence-corrected chi connectivity index (χ3v) is 4.01. The van der Waals surface area contributed by atoms with Gasteiger partial charge in [0.2, 0.25) is 5.91 Å². The summed E-state index contributed by atoms with van der Waals surface area (Å²) in [4.78, 5) is 27.3. The lowest BCUT2D eigenvalue weighted by molar-refractivity contribution is -0.121. The van der Waals surface area contributed by atoms with Gasteiger partial charge in [-0.15, -0.1) is 0 Å². The van der Waals surface area contributed by atoms with E-state index in [1.54, 1.807) is 0 Å². The summed E-state index contributed by atoms with van der Waals surface area (Å²) in [6.45, 7) is 2.16. The fourth-order valence-electron chi connectivity index (χ4n) is 2.77. The molecule has 3 amide bonds. The lowest BCUT2D eigenvalue weighted by Crippen LogP contribution is -2.50. The minimum absolute atomic E-state index is 0.223. The van der Waals surface area contributed by atoms with Gasteiger partial charge in [0, 0.05) is 31.9 Å². The van der Waals surface area contributed by atoms with Gasteiger partial charge in [-0.1, -0.05) is 18.2 Å². The molecular weight excluding hydrogens is 280 g/mol. The number of carbonyl (C=O) groups is 2. The normalized spacial score (nSPS) is 18.1. The molecule has 22 heavy (non-hydrogen) atoms. The molecule has 1 atom stereocenters. The van der Waals surface area contributed by atoms with Crippen molar-refractivity contribution in [3.8, 4) is 0 Å². The first-order valence-corrected chi connectivity index (χ1v) is 7.62. The highest BCUT2D eigenvalue weighted by Crippen LogP contribution is 2.21. The maximum atomic E-state index is 11.8. The molecule has 1 aliphatic rings. The van der Waals surface area contributed by atoms with Crippen molar-refractivity contribution in [3.05, 3.63) is 30.3 Å². The van der Waals surface area contributed by atoms with E-state index < -0.39 is 6.03 Å². The van der Waals surface area contributed by atoms with Crippen LogP contribution >= 0.6 is 0 Å². The van der Waals surface area contributed by atoms with Crippen LogP contribution in [0.2, 0.25) is 0 Å². The zero-order valence-corrected chi connectivity index (χ0v) is 13.2. The van der Waals surface area contributed by atoms with Crippen molar-refractivity contribution in [2.75, 3.05) is 38.6 Å². The Morgan fingerprint density at radius 2 is 2.05 bits per heavy atom. The molecule has 6 heteroatoms. The van der Waals surface area contributed by atoms with Crippen molar-refractivity contribution >= 4 is 17.6 Å². The largest absolute Gasteiger partial charge is 0.370 e. The summed E-state index contributed by atoms with van der Waals surface area (Å²) in [7, 11) is 3.42. The molecule has 0 spiro atoms. The van der Waals surface area contributed by atoms with Crippen LogP contribution in [-0.4, -0.2) is 56.6 Å². The van der Waals surface area contributed by atoms with E-state index in [2.05, 4.69) is 27.7 Å². The lowest BCUT2D eigenvalue weighted by atomic mass is 10.0. The molecule has 1 aliphatic heterocycles. The van der Waals surface area contributed by atoms with Crippen LogP contribution < -0.4 is 15.5 Å². The Morgan fingerprint density at radius 1 is 1.32 bits per heavy atom. The quantitative estimate of drug-likeness (QED) is 0.872. The number of para-hydroxylation sites is 1. The molecule has 0 aliphatic carbocycles. The molecule has 0 aromatic heterocycles. The second kappa shape index (κ2) is 7.79. The Balaban J connectivity index is 1.89. The molecular formula is C16H24N4O2. The number of piperidine rings is 1. The van der Waals surface area contributed by atoms with E-state index in [1.807, 2.05) is 30.1 Å². The smallest absolute Gasteiger partial charge is 0.321 e. The SMILES string of the molecule is CNC(=O)NC(=O)CN(C)[C@H]1CCCN(c2ccccc2)C1. The fourth-order valence-corrected chi connectivity index (χ4v) is 2.77. The maximum absolute atomic E-state index is 11.8. The van der Waals surface area contributed by atoms with Gasteiger partial charge in [0.25, 0.3) is 0 Å². The van der Waals surface area contributed by atoms with Crippen molar-refractivity contribution in [1.82, 2.24) is 15.5 Å². The second-order valence-electron chi connectivity index (χ2n) is 5.62. The molecule has 6 nitrogen and oxygen atoms in total. The first-order valence-electron chi connectivity index (χ1n) is 7.62. The predicted molar refractivity (Wildman–Crippen MR) is 86.9 cm³/mol. The third-order valence-electron chi connectivity index (χ3n) is 4.01. The predicted octanol–water partition coefficient (Wildman–Crippen LogP) is 1.04. The van der Waals surface area contributed by atoms with E-state index in [4.69, 9.17) is 0 Å². The number of nitrogens with zero attached hydrogens (tertiary/aromatic N) is 2. The van der Waals surface area contributed by atoms with Gasteiger partial charge in [0.05, 0.1) is 6.54 Å². The minimum atomic E-state index is -0.465. The molecule has 0 radical (unpaired) electrons. The van der Waals surface area contributed by atoms with Crippen LogP contribution in [0.3, 0.4) is 0 Å². The number of benzene rings is 1. The van der Waals surface area contributed by atoms with Gasteiger partial charge in [0.15, 0.2) is 0 Å². The number of amides is 3. The minimum Gasteiger partial charge on any atom is -0.370 e. The van der Waals surface area contributed by atoms with Crippen LogP contribution in [0.4, 0.5) is 10.5 Å². The van der Waals surface area contributed by atoms with Crippen molar-refractivity contribution in [2.45, 2.75) is 18.9 Å². The van der Waals surface area contributed by atoms with E-state index in [9.17, 15) is 9.59 Å². The van der Waals surface area contributed by atoms with Gasteiger partial charge in [-0.2, -0.15) is 0 Å². The highest BCUT2D eigenvalue weighted by molar-refractivity contribution is 5.95. The summed E-state index contributed by atoms with van der Waals surface area (Å²) in [5, 5.41) is 4.68. The average Bonchev–Trinajstić information content (AvgIpc) is 2.55. The van der Waals surface area contributed by atoms with Crippen LogP contribution in [0.5, 0.6) is 0 Å². The van der Waals surface area contributed by atoms with Gasteiger partial charge in [-0.3, -0.25) is 15.0 Å². The Labute approximate surface area is 131 Å². The number of urea groups is 1. The van der Waals surface area contributed by atoms with E-state index >= 15 is 0 Å². The Bertz CT molecular complexity index is 506. The van der Waals surface area contributed by atoms with Crippen LogP contribution in [0, 0.1) is 0 Å². The highest BCUT2D eigenvalue weighted by Gasteiger charge is 2.24. The van der Waals surface area contributed by atoms with Gasteiger partial charge in [-0.05, 0) is 32.0 Å². The van der Waals surface area contributed by atoms with E-state index in [1.165, 1.54) is 12.7 Å². The number of rotatable bonds is 4. The van der Waals surface area contributed by atoms with E-state index in [-0.39, 0.29) is 12.5 Å². The average molecular weight is 304 g/mol. The molecule has 1 heterocycles. The summed E-state index contributed by atoms with van der Waals surface area (Å²) in [5.74, 6) is -0.279. The fraction of sp³-hybridized carbons (Fsp3) is 0.500. The molecule has 120 valence electrons. The molecule has 0 saturated carbocycles. The molecule has 1 fully saturated rings. The first kappa shape index (κ1) is 16.3. The summed E-state index contributed by atoms with van der Waals surface area (Å²) in [6.07, 6.45) is 2.16. The molecule has 0 bridgehead atoms. The Morgan fingerprint density at radius 3 is 2.73 bits per heavy atom. The zero-order chi connectivity index (χ0) is 15.9. The topological polar surface area (TPSA) is 64.7 Å². The van der Waals surface area contributed by atoms with Crippen molar-refractivity contribution in [3.63, 3.8) is 0 Å². The summed E-state index contributed by atoms with van der Waals surface area (Å²) < 4.78 is 0. The number of hydrogen-bond acceptors (Lipinski definition) is 4. The van der Waals surface area contributed by atoms with Crippen molar-refractivity contribution in [1.29, 1.82) is 0 Å². The second-order valence-corrected chi connectivity index (χ2v) is 5.62. The number of imide groups is 1. The first-order chi connectivity index (χ1) is 10.6. The van der Waals surface area contributed by atoms with Crippen molar-refractivity contribution in [2.24, 2.45) is 0 Å². The third kappa shape index (κ3) is 4.46. The Hall–Kier alpha value is -2.08. The molecule has 2 rings (SSSR count). The number of nitrogens with one attached hydrogen (secondary N) is 2. The van der Waals surface area contributed by atoms with Gasteiger partial charge in [0.1, 0.15) is 0 Å². The molecule has 2 N–H and O–H groups in total. The van der Waals surface area contributed by atoms with E-state index in [0.29, 0.717) is 6.04 Å². The zero-order valence-electron chi connectivity index (χ0n) is 13.2. The molecule has 0 unspecified atom stereocenters. The van der Waals surface area contributed by atoms with Crippen LogP contribution in [0.15, 0.2) is 30.3 Å². The summed E-state index contributed by atoms with van der Waals surface area (Å²) in [6, 6.07) is 10.2. The monoisotopic (exact) mass is 304 g/mol. The standard InChI is InChI=1S/C16H24N4O2/c1-17-16(22)18-15(21)12-19(2)14-9-6-10-20(11-14)13-7-4-3-5-8-13/h3-5,7-8,14H,6,9-12H2,1-2H3,(H2,17,18,21,22)/t14-/m0/s1. The number of carbonyl (C=O) groups excluding carboxylic acids is 2. The number of likely N-dealkylation sites (N-methyl/N-ethyl adjacent to an activating group) is 1. The van der Waals surface area contributed by atoms with Crippen LogP contribution in [0.25, 0.3) is 0 Å².